The molecule has 0 bridgehead atoms. The molecule has 94 valence electrons. The monoisotopic (exact) mass is 265 g/mol. The van der Waals surface area contributed by atoms with Crippen molar-refractivity contribution in [3.63, 3.8) is 0 Å². The predicted molar refractivity (Wildman–Crippen MR) is 69.1 cm³/mol. The number of hydrogen-bond donors (Lipinski definition) is 1. The normalized spacial score (nSPS) is 19.2. The number of nitro groups is 1. The fourth-order valence-electron chi connectivity index (χ4n) is 2.09. The molecule has 0 radical (unpaired) electrons. The fourth-order valence-corrected chi connectivity index (χ4v) is 2.77. The number of rotatable bonds is 3. The summed E-state index contributed by atoms with van der Waals surface area (Å²) in [6.45, 7) is 1.29. The Kier molecular flexibility index (Phi) is 2.85. The van der Waals surface area contributed by atoms with Crippen molar-refractivity contribution >= 4 is 32.9 Å². The van der Waals surface area contributed by atoms with Gasteiger partial charge in [-0.15, -0.1) is 11.3 Å². The van der Waals surface area contributed by atoms with E-state index in [4.69, 9.17) is 4.74 Å². The molecule has 2 heterocycles. The van der Waals surface area contributed by atoms with Gasteiger partial charge in [-0.3, -0.25) is 10.1 Å². The predicted octanol–water partition coefficient (Wildman–Crippen LogP) is 2.41. The highest BCUT2D eigenvalue weighted by Gasteiger charge is 2.24. The van der Waals surface area contributed by atoms with Crippen LogP contribution in [0, 0.1) is 10.1 Å². The van der Waals surface area contributed by atoms with Crippen LogP contribution < -0.4 is 5.32 Å². The van der Waals surface area contributed by atoms with E-state index in [0.29, 0.717) is 24.4 Å². The molecule has 0 aliphatic carbocycles. The molecular weight excluding hydrogens is 254 g/mol. The Labute approximate surface area is 107 Å². The van der Waals surface area contributed by atoms with Gasteiger partial charge in [0, 0.05) is 6.61 Å². The van der Waals surface area contributed by atoms with Gasteiger partial charge >= 0.3 is 5.69 Å². The quantitative estimate of drug-likeness (QED) is 0.681. The van der Waals surface area contributed by atoms with Gasteiger partial charge in [0.2, 0.25) is 0 Å². The highest BCUT2D eigenvalue weighted by Crippen LogP contribution is 2.35. The van der Waals surface area contributed by atoms with Crippen molar-refractivity contribution in [3.8, 4) is 0 Å². The Bertz CT molecular complexity index is 592. The van der Waals surface area contributed by atoms with Crippen LogP contribution in [0.3, 0.4) is 0 Å². The lowest BCUT2D eigenvalue weighted by molar-refractivity contribution is -0.382. The molecule has 1 unspecified atom stereocenters. The van der Waals surface area contributed by atoms with Gasteiger partial charge in [-0.25, -0.2) is 4.98 Å². The SMILES string of the molecule is O=[N+]([O-])c1c(NC2CCOC2)ccc2scnc12. The van der Waals surface area contributed by atoms with Crippen LogP contribution in [-0.4, -0.2) is 29.2 Å². The van der Waals surface area contributed by atoms with Gasteiger partial charge in [-0.2, -0.15) is 0 Å². The first-order valence-corrected chi connectivity index (χ1v) is 6.48. The molecule has 2 aromatic rings. The second-order valence-corrected chi connectivity index (χ2v) is 5.01. The molecule has 1 N–H and O–H groups in total. The number of anilines is 1. The lowest BCUT2D eigenvalue weighted by Gasteiger charge is -2.12. The summed E-state index contributed by atoms with van der Waals surface area (Å²) in [7, 11) is 0. The molecule has 6 nitrogen and oxygen atoms in total. The van der Waals surface area contributed by atoms with Gasteiger partial charge in [-0.05, 0) is 18.6 Å². The van der Waals surface area contributed by atoms with Gasteiger partial charge < -0.3 is 10.1 Å². The summed E-state index contributed by atoms with van der Waals surface area (Å²) < 4.78 is 6.08. The summed E-state index contributed by atoms with van der Waals surface area (Å²) in [6.07, 6.45) is 0.867. The number of nitrogens with one attached hydrogen (secondary N) is 1. The molecule has 0 saturated carbocycles. The van der Waals surface area contributed by atoms with Crippen LogP contribution in [0.15, 0.2) is 17.6 Å². The maximum Gasteiger partial charge on any atom is 0.319 e. The highest BCUT2D eigenvalue weighted by atomic mass is 32.1. The number of fused-ring (bicyclic) bond motifs is 1. The third-order valence-electron chi connectivity index (χ3n) is 2.95. The van der Waals surface area contributed by atoms with Gasteiger partial charge in [0.1, 0.15) is 5.69 Å². The minimum atomic E-state index is -0.375. The van der Waals surface area contributed by atoms with E-state index in [1.807, 2.05) is 6.07 Å². The van der Waals surface area contributed by atoms with Gasteiger partial charge in [0.15, 0.2) is 5.52 Å². The maximum absolute atomic E-state index is 11.2. The Balaban J connectivity index is 2.03. The molecule has 1 aromatic heterocycles. The molecule has 7 heteroatoms. The lowest BCUT2D eigenvalue weighted by Crippen LogP contribution is -2.19. The van der Waals surface area contributed by atoms with E-state index in [1.54, 1.807) is 11.6 Å². The first-order chi connectivity index (χ1) is 8.75. The Morgan fingerprint density at radius 1 is 1.56 bits per heavy atom. The summed E-state index contributed by atoms with van der Waals surface area (Å²) >= 11 is 1.40. The minimum absolute atomic E-state index is 0.0562. The molecule has 0 spiro atoms. The lowest BCUT2D eigenvalue weighted by atomic mass is 10.2. The molecule has 1 saturated heterocycles. The van der Waals surface area contributed by atoms with Crippen LogP contribution in [0.2, 0.25) is 0 Å². The topological polar surface area (TPSA) is 77.3 Å². The summed E-state index contributed by atoms with van der Waals surface area (Å²) in [4.78, 5) is 14.9. The fraction of sp³-hybridized carbons (Fsp3) is 0.364. The number of aromatic nitrogens is 1. The summed E-state index contributed by atoms with van der Waals surface area (Å²) in [5.74, 6) is 0. The Morgan fingerprint density at radius 2 is 2.44 bits per heavy atom. The largest absolute Gasteiger partial charge is 0.379 e. The van der Waals surface area contributed by atoms with Crippen molar-refractivity contribution in [1.29, 1.82) is 0 Å². The van der Waals surface area contributed by atoms with Gasteiger partial charge in [0.05, 0.1) is 27.8 Å². The molecule has 18 heavy (non-hydrogen) atoms. The van der Waals surface area contributed by atoms with Crippen molar-refractivity contribution in [3.05, 3.63) is 27.8 Å². The van der Waals surface area contributed by atoms with Crippen LogP contribution in [0.4, 0.5) is 11.4 Å². The van der Waals surface area contributed by atoms with E-state index in [0.717, 1.165) is 11.1 Å². The van der Waals surface area contributed by atoms with Crippen molar-refractivity contribution in [2.75, 3.05) is 18.5 Å². The van der Waals surface area contributed by atoms with Crippen LogP contribution in [0.25, 0.3) is 10.2 Å². The van der Waals surface area contributed by atoms with E-state index in [9.17, 15) is 10.1 Å². The Morgan fingerprint density at radius 3 is 3.17 bits per heavy atom. The van der Waals surface area contributed by atoms with E-state index in [-0.39, 0.29) is 16.7 Å². The minimum Gasteiger partial charge on any atom is -0.379 e. The second-order valence-electron chi connectivity index (χ2n) is 4.12. The molecule has 1 fully saturated rings. The van der Waals surface area contributed by atoms with Gasteiger partial charge in [-0.1, -0.05) is 0 Å². The third kappa shape index (κ3) is 1.91. The number of hydrogen-bond acceptors (Lipinski definition) is 6. The maximum atomic E-state index is 11.2. The van der Waals surface area contributed by atoms with Crippen molar-refractivity contribution in [2.45, 2.75) is 12.5 Å². The van der Waals surface area contributed by atoms with Gasteiger partial charge in [0.25, 0.3) is 0 Å². The molecule has 0 amide bonds. The molecule has 1 atom stereocenters. The van der Waals surface area contributed by atoms with Crippen molar-refractivity contribution in [2.24, 2.45) is 0 Å². The summed E-state index contributed by atoms with van der Waals surface area (Å²) in [5.41, 5.74) is 2.66. The number of nitro benzene ring substituents is 1. The number of thiazole rings is 1. The molecule has 1 aliphatic rings. The standard InChI is InChI=1S/C11H11N3O3S/c15-14(16)11-8(13-7-3-4-17-5-7)1-2-9-10(11)12-6-18-9/h1-2,6-7,13H,3-5H2. The first-order valence-electron chi connectivity index (χ1n) is 5.60. The second kappa shape index (κ2) is 4.51. The average Bonchev–Trinajstić information content (AvgIpc) is 2.98. The van der Waals surface area contributed by atoms with E-state index < -0.39 is 0 Å². The van der Waals surface area contributed by atoms with E-state index in [2.05, 4.69) is 10.3 Å². The van der Waals surface area contributed by atoms with Crippen LogP contribution in [-0.2, 0) is 4.74 Å². The Hall–Kier alpha value is -1.73. The van der Waals surface area contributed by atoms with Crippen molar-refractivity contribution < 1.29 is 9.66 Å². The van der Waals surface area contributed by atoms with E-state index >= 15 is 0 Å². The average molecular weight is 265 g/mol. The zero-order valence-electron chi connectivity index (χ0n) is 9.46. The molecule has 1 aromatic carbocycles. The molecule has 1 aliphatic heterocycles. The zero-order chi connectivity index (χ0) is 12.5. The summed E-state index contributed by atoms with van der Waals surface area (Å²) in [5, 5.41) is 14.4. The van der Waals surface area contributed by atoms with Crippen molar-refractivity contribution in [1.82, 2.24) is 4.98 Å². The number of ether oxygens (including phenoxy) is 1. The highest BCUT2D eigenvalue weighted by molar-refractivity contribution is 7.16. The number of nitrogens with zero attached hydrogens (tertiary/aromatic N) is 2. The third-order valence-corrected chi connectivity index (χ3v) is 3.74. The zero-order valence-corrected chi connectivity index (χ0v) is 10.3. The van der Waals surface area contributed by atoms with Crippen LogP contribution in [0.5, 0.6) is 0 Å². The first kappa shape index (κ1) is 11.4. The molecule has 3 rings (SSSR count). The smallest absolute Gasteiger partial charge is 0.319 e. The molecular formula is C11H11N3O3S. The number of benzene rings is 1. The van der Waals surface area contributed by atoms with Crippen LogP contribution >= 0.6 is 11.3 Å². The van der Waals surface area contributed by atoms with E-state index in [1.165, 1.54) is 11.3 Å². The van der Waals surface area contributed by atoms with Crippen LogP contribution in [0.1, 0.15) is 6.42 Å². The summed E-state index contributed by atoms with van der Waals surface area (Å²) in [6, 6.07) is 3.74.